The zero-order valence-electron chi connectivity index (χ0n) is 18.2. The van der Waals surface area contributed by atoms with Gasteiger partial charge < -0.3 is 15.4 Å². The molecule has 0 bridgehead atoms. The first-order valence-corrected chi connectivity index (χ1v) is 10.7. The molecule has 0 radical (unpaired) electrons. The van der Waals surface area contributed by atoms with E-state index in [-0.39, 0.29) is 17.7 Å². The Morgan fingerprint density at radius 3 is 2.37 bits per heavy atom. The number of amides is 2. The molecule has 2 N–H and O–H groups in total. The van der Waals surface area contributed by atoms with Crippen molar-refractivity contribution in [1.82, 2.24) is 4.90 Å². The van der Waals surface area contributed by atoms with Crippen LogP contribution in [0, 0.1) is 11.3 Å². The Bertz CT molecular complexity index is 890. The van der Waals surface area contributed by atoms with Crippen molar-refractivity contribution in [1.29, 1.82) is 0 Å². The van der Waals surface area contributed by atoms with Crippen LogP contribution in [-0.4, -0.2) is 36.9 Å². The molecule has 160 valence electrons. The number of nitrogens with zero attached hydrogens (tertiary/aromatic N) is 1. The molecule has 1 unspecified atom stereocenters. The second-order valence-electron chi connectivity index (χ2n) is 8.24. The smallest absolute Gasteiger partial charge is 0.225 e. The van der Waals surface area contributed by atoms with Gasteiger partial charge in [-0.15, -0.1) is 0 Å². The summed E-state index contributed by atoms with van der Waals surface area (Å²) in [5.41, 5.74) is 8.28. The van der Waals surface area contributed by atoms with Gasteiger partial charge in [0.2, 0.25) is 11.8 Å². The number of primary amides is 1. The zero-order valence-corrected chi connectivity index (χ0v) is 18.2. The third-order valence-corrected chi connectivity index (χ3v) is 6.44. The Labute approximate surface area is 179 Å². The minimum atomic E-state index is -0.701. The molecule has 1 saturated heterocycles. The van der Waals surface area contributed by atoms with E-state index in [2.05, 4.69) is 0 Å². The molecule has 2 aromatic carbocycles. The fourth-order valence-electron chi connectivity index (χ4n) is 4.47. The molecule has 1 atom stereocenters. The summed E-state index contributed by atoms with van der Waals surface area (Å²) in [7, 11) is 1.67. The highest BCUT2D eigenvalue weighted by Crippen LogP contribution is 2.36. The van der Waals surface area contributed by atoms with E-state index in [1.165, 1.54) is 0 Å². The fraction of sp³-hybridized carbons (Fsp3) is 0.440. The number of benzene rings is 2. The summed E-state index contributed by atoms with van der Waals surface area (Å²) in [5, 5.41) is 0. The summed E-state index contributed by atoms with van der Waals surface area (Å²) in [6.45, 7) is 5.07. The zero-order chi connectivity index (χ0) is 21.7. The number of carbonyl (C=O) groups excluding carboxylic acids is 2. The average molecular weight is 409 g/mol. The summed E-state index contributed by atoms with van der Waals surface area (Å²) in [4.78, 5) is 27.1. The molecule has 0 aliphatic carbocycles. The van der Waals surface area contributed by atoms with Crippen molar-refractivity contribution >= 4 is 11.8 Å². The number of para-hydroxylation sites is 1. The normalized spacial score (nSPS) is 18.6. The van der Waals surface area contributed by atoms with E-state index in [1.54, 1.807) is 7.11 Å². The number of hydrogen-bond donors (Lipinski definition) is 1. The van der Waals surface area contributed by atoms with Gasteiger partial charge in [0.05, 0.1) is 12.5 Å². The molecule has 0 spiro atoms. The van der Waals surface area contributed by atoms with Crippen molar-refractivity contribution in [2.75, 3.05) is 20.2 Å². The molecule has 2 aromatic rings. The highest BCUT2D eigenvalue weighted by molar-refractivity contribution is 5.85. The third kappa shape index (κ3) is 4.35. The molecule has 1 fully saturated rings. The van der Waals surface area contributed by atoms with Crippen molar-refractivity contribution < 1.29 is 14.3 Å². The minimum Gasteiger partial charge on any atom is -0.496 e. The van der Waals surface area contributed by atoms with Gasteiger partial charge in [-0.3, -0.25) is 9.59 Å². The Hall–Kier alpha value is -2.82. The van der Waals surface area contributed by atoms with Crippen LogP contribution in [0.1, 0.15) is 38.7 Å². The lowest BCUT2D eigenvalue weighted by atomic mass is 9.80. The molecule has 1 aliphatic heterocycles. The second-order valence-corrected chi connectivity index (χ2v) is 8.24. The third-order valence-electron chi connectivity index (χ3n) is 6.44. The molecule has 1 heterocycles. The van der Waals surface area contributed by atoms with Crippen LogP contribution in [0.4, 0.5) is 0 Å². The van der Waals surface area contributed by atoms with Crippen LogP contribution in [0.3, 0.4) is 0 Å². The summed E-state index contributed by atoms with van der Waals surface area (Å²) in [5.74, 6) is 0.671. The van der Waals surface area contributed by atoms with E-state index in [0.29, 0.717) is 25.9 Å². The number of ether oxygens (including phenoxy) is 1. The Morgan fingerprint density at radius 1 is 1.10 bits per heavy atom. The highest BCUT2D eigenvalue weighted by atomic mass is 16.5. The van der Waals surface area contributed by atoms with Crippen LogP contribution in [0.5, 0.6) is 5.75 Å². The van der Waals surface area contributed by atoms with Crippen LogP contribution in [0.2, 0.25) is 0 Å². The molecule has 2 amide bonds. The summed E-state index contributed by atoms with van der Waals surface area (Å²) in [6.07, 6.45) is 2.79. The van der Waals surface area contributed by atoms with Crippen LogP contribution in [-0.2, 0) is 16.0 Å². The molecule has 3 rings (SSSR count). The maximum absolute atomic E-state index is 12.8. The first-order chi connectivity index (χ1) is 14.4. The lowest BCUT2D eigenvalue weighted by molar-refractivity contribution is -0.135. The van der Waals surface area contributed by atoms with Crippen LogP contribution in [0.15, 0.2) is 48.5 Å². The van der Waals surface area contributed by atoms with Gasteiger partial charge >= 0.3 is 0 Å². The van der Waals surface area contributed by atoms with Crippen molar-refractivity contribution in [3.63, 3.8) is 0 Å². The molecule has 1 aliphatic rings. The predicted molar refractivity (Wildman–Crippen MR) is 119 cm³/mol. The topological polar surface area (TPSA) is 72.6 Å². The molecular weight excluding hydrogens is 376 g/mol. The molecule has 0 saturated carbocycles. The molecule has 30 heavy (non-hydrogen) atoms. The highest BCUT2D eigenvalue weighted by Gasteiger charge is 2.45. The lowest BCUT2D eigenvalue weighted by Gasteiger charge is -2.27. The summed E-state index contributed by atoms with van der Waals surface area (Å²) < 4.78 is 5.46. The van der Waals surface area contributed by atoms with Gasteiger partial charge in [-0.2, -0.15) is 0 Å². The van der Waals surface area contributed by atoms with E-state index < -0.39 is 5.41 Å². The first-order valence-electron chi connectivity index (χ1n) is 10.7. The monoisotopic (exact) mass is 408 g/mol. The largest absolute Gasteiger partial charge is 0.496 e. The molecule has 0 aromatic heterocycles. The van der Waals surface area contributed by atoms with Gasteiger partial charge in [0, 0.05) is 24.6 Å². The summed E-state index contributed by atoms with van der Waals surface area (Å²) >= 11 is 0. The fourth-order valence-corrected chi connectivity index (χ4v) is 4.47. The van der Waals surface area contributed by atoms with Crippen molar-refractivity contribution in [3.8, 4) is 16.9 Å². The average Bonchev–Trinajstić information content (AvgIpc) is 3.20. The van der Waals surface area contributed by atoms with Crippen LogP contribution >= 0.6 is 0 Å². The van der Waals surface area contributed by atoms with Gasteiger partial charge in [-0.05, 0) is 42.9 Å². The quantitative estimate of drug-likeness (QED) is 0.716. The van der Waals surface area contributed by atoms with Crippen molar-refractivity contribution in [2.45, 2.75) is 39.5 Å². The van der Waals surface area contributed by atoms with E-state index >= 15 is 0 Å². The molecule has 5 heteroatoms. The maximum atomic E-state index is 12.8. The number of likely N-dealkylation sites (tertiary alicyclic amines) is 1. The second kappa shape index (κ2) is 9.33. The van der Waals surface area contributed by atoms with Gasteiger partial charge in [0.15, 0.2) is 0 Å². The summed E-state index contributed by atoms with van der Waals surface area (Å²) in [6, 6.07) is 16.1. The predicted octanol–water partition coefficient (Wildman–Crippen LogP) is 4.04. The van der Waals surface area contributed by atoms with E-state index in [0.717, 1.165) is 35.3 Å². The standard InChI is InChI=1S/C25H32N2O3/c1-4-19(5-2)23(28)27-15-14-25(17-27,24(26)29)16-18-10-12-20(13-11-18)21-8-6-7-9-22(21)30-3/h6-13,19H,4-5,14-17H2,1-3H3,(H2,26,29). The lowest BCUT2D eigenvalue weighted by Crippen LogP contribution is -2.43. The van der Waals surface area contributed by atoms with Gasteiger partial charge in [-0.1, -0.05) is 56.3 Å². The van der Waals surface area contributed by atoms with Gasteiger partial charge in [0.25, 0.3) is 0 Å². The van der Waals surface area contributed by atoms with Crippen molar-refractivity contribution in [3.05, 3.63) is 54.1 Å². The number of rotatable bonds is 8. The molecule has 5 nitrogen and oxygen atoms in total. The van der Waals surface area contributed by atoms with E-state index in [9.17, 15) is 9.59 Å². The number of methoxy groups -OCH3 is 1. The Kier molecular flexibility index (Phi) is 6.80. The number of nitrogens with two attached hydrogens (primary N) is 1. The van der Waals surface area contributed by atoms with Crippen LogP contribution in [0.25, 0.3) is 11.1 Å². The van der Waals surface area contributed by atoms with Crippen LogP contribution < -0.4 is 10.5 Å². The van der Waals surface area contributed by atoms with E-state index in [1.807, 2.05) is 67.3 Å². The number of hydrogen-bond acceptors (Lipinski definition) is 3. The number of carbonyl (C=O) groups is 2. The Balaban J connectivity index is 1.78. The maximum Gasteiger partial charge on any atom is 0.225 e. The van der Waals surface area contributed by atoms with E-state index in [4.69, 9.17) is 10.5 Å². The van der Waals surface area contributed by atoms with Crippen molar-refractivity contribution in [2.24, 2.45) is 17.1 Å². The first kappa shape index (κ1) is 21.9. The minimum absolute atomic E-state index is 0.0220. The van der Waals surface area contributed by atoms with Gasteiger partial charge in [0.1, 0.15) is 5.75 Å². The SMILES string of the molecule is CCC(CC)C(=O)N1CCC(Cc2ccc(-c3ccccc3OC)cc2)(C(N)=O)C1. The Morgan fingerprint density at radius 2 is 1.77 bits per heavy atom. The van der Waals surface area contributed by atoms with Gasteiger partial charge in [-0.25, -0.2) is 0 Å². The molecular formula is C25H32N2O3.